The van der Waals surface area contributed by atoms with E-state index in [-0.39, 0.29) is 12.6 Å². The highest BCUT2D eigenvalue weighted by molar-refractivity contribution is 6.30. The van der Waals surface area contributed by atoms with Crippen LogP contribution in [0.3, 0.4) is 0 Å². The first kappa shape index (κ1) is 11.8. The van der Waals surface area contributed by atoms with Gasteiger partial charge in [0.15, 0.2) is 6.61 Å². The number of ether oxygens (including phenoxy) is 1. The third-order valence-corrected chi connectivity index (χ3v) is 2.40. The van der Waals surface area contributed by atoms with Crippen LogP contribution in [0.15, 0.2) is 18.2 Å². The fraction of sp³-hybridized carbons (Fsp3) is 0.364. The van der Waals surface area contributed by atoms with Crippen molar-refractivity contribution < 1.29 is 4.74 Å². The van der Waals surface area contributed by atoms with Gasteiger partial charge in [-0.1, -0.05) is 11.6 Å². The summed E-state index contributed by atoms with van der Waals surface area (Å²) >= 11 is 5.90. The lowest BCUT2D eigenvalue weighted by Crippen LogP contribution is -2.13. The Morgan fingerprint density at radius 3 is 2.93 bits per heavy atom. The minimum atomic E-state index is 0.0467. The zero-order valence-electron chi connectivity index (χ0n) is 8.75. The Morgan fingerprint density at radius 2 is 2.33 bits per heavy atom. The maximum absolute atomic E-state index is 8.45. The van der Waals surface area contributed by atoms with Gasteiger partial charge in [0, 0.05) is 16.6 Å². The second-order valence-electron chi connectivity index (χ2n) is 3.14. The Labute approximate surface area is 94.6 Å². The van der Waals surface area contributed by atoms with Crippen LogP contribution in [0.1, 0.15) is 18.5 Å². The second kappa shape index (κ2) is 5.59. The van der Waals surface area contributed by atoms with Crippen molar-refractivity contribution in [3.8, 4) is 11.8 Å². The first-order valence-electron chi connectivity index (χ1n) is 4.65. The molecule has 1 unspecified atom stereocenters. The third kappa shape index (κ3) is 3.12. The van der Waals surface area contributed by atoms with Gasteiger partial charge in [0.25, 0.3) is 0 Å². The molecule has 0 bridgehead atoms. The summed E-state index contributed by atoms with van der Waals surface area (Å²) in [7, 11) is 1.86. The second-order valence-corrected chi connectivity index (χ2v) is 3.58. The minimum Gasteiger partial charge on any atom is -0.478 e. The highest BCUT2D eigenvalue weighted by Gasteiger charge is 2.10. The predicted octanol–water partition coefficient (Wildman–Crippen LogP) is 2.52. The number of benzene rings is 1. The molecular weight excluding hydrogens is 212 g/mol. The van der Waals surface area contributed by atoms with Crippen LogP contribution in [0.25, 0.3) is 0 Å². The van der Waals surface area contributed by atoms with E-state index in [1.807, 2.05) is 26.1 Å². The van der Waals surface area contributed by atoms with Crippen molar-refractivity contribution in [2.45, 2.75) is 13.0 Å². The summed E-state index contributed by atoms with van der Waals surface area (Å²) in [5.74, 6) is 0.697. The summed E-state index contributed by atoms with van der Waals surface area (Å²) in [4.78, 5) is 0. The molecule has 15 heavy (non-hydrogen) atoms. The molecule has 0 spiro atoms. The van der Waals surface area contributed by atoms with Gasteiger partial charge in [0.05, 0.1) is 0 Å². The molecule has 1 aromatic carbocycles. The van der Waals surface area contributed by atoms with Gasteiger partial charge >= 0.3 is 0 Å². The average Bonchev–Trinajstić information content (AvgIpc) is 2.26. The van der Waals surface area contributed by atoms with Crippen molar-refractivity contribution in [3.63, 3.8) is 0 Å². The molecule has 0 saturated heterocycles. The van der Waals surface area contributed by atoms with Crippen LogP contribution in [0, 0.1) is 11.3 Å². The molecule has 1 rings (SSSR count). The summed E-state index contributed by atoms with van der Waals surface area (Å²) in [6, 6.07) is 7.45. The van der Waals surface area contributed by atoms with E-state index in [4.69, 9.17) is 21.6 Å². The number of halogens is 1. The Kier molecular flexibility index (Phi) is 4.41. The van der Waals surface area contributed by atoms with E-state index in [1.54, 1.807) is 12.1 Å². The SMILES string of the molecule is CNC(C)c1cc(Cl)ccc1OCC#N. The zero-order valence-corrected chi connectivity index (χ0v) is 9.51. The monoisotopic (exact) mass is 224 g/mol. The van der Waals surface area contributed by atoms with E-state index in [1.165, 1.54) is 0 Å². The van der Waals surface area contributed by atoms with Gasteiger partial charge in [-0.15, -0.1) is 0 Å². The molecule has 3 nitrogen and oxygen atoms in total. The molecule has 0 fully saturated rings. The summed E-state index contributed by atoms with van der Waals surface area (Å²) in [6.45, 7) is 2.05. The minimum absolute atomic E-state index is 0.0467. The number of hydrogen-bond donors (Lipinski definition) is 1. The molecule has 0 saturated carbocycles. The van der Waals surface area contributed by atoms with E-state index >= 15 is 0 Å². The third-order valence-electron chi connectivity index (χ3n) is 2.16. The largest absolute Gasteiger partial charge is 0.478 e. The summed E-state index contributed by atoms with van der Waals surface area (Å²) < 4.78 is 5.30. The first-order chi connectivity index (χ1) is 7.19. The van der Waals surface area contributed by atoms with Crippen LogP contribution in [0.2, 0.25) is 5.02 Å². The van der Waals surface area contributed by atoms with Crippen LogP contribution < -0.4 is 10.1 Å². The molecule has 0 radical (unpaired) electrons. The van der Waals surface area contributed by atoms with Gasteiger partial charge in [-0.3, -0.25) is 0 Å². The molecule has 0 amide bonds. The lowest BCUT2D eigenvalue weighted by atomic mass is 10.1. The fourth-order valence-corrected chi connectivity index (χ4v) is 1.44. The van der Waals surface area contributed by atoms with E-state index in [9.17, 15) is 0 Å². The first-order valence-corrected chi connectivity index (χ1v) is 5.03. The molecule has 0 aliphatic heterocycles. The van der Waals surface area contributed by atoms with Gasteiger partial charge in [0.2, 0.25) is 0 Å². The van der Waals surface area contributed by atoms with E-state index < -0.39 is 0 Å². The lowest BCUT2D eigenvalue weighted by molar-refractivity contribution is 0.360. The number of nitrogens with one attached hydrogen (secondary N) is 1. The predicted molar refractivity (Wildman–Crippen MR) is 60.0 cm³/mol. The van der Waals surface area contributed by atoms with Crippen LogP contribution in [0.4, 0.5) is 0 Å². The number of hydrogen-bond acceptors (Lipinski definition) is 3. The molecule has 0 heterocycles. The Morgan fingerprint density at radius 1 is 1.60 bits per heavy atom. The number of nitriles is 1. The Hall–Kier alpha value is -1.24. The van der Waals surface area contributed by atoms with Gasteiger partial charge in [-0.25, -0.2) is 0 Å². The van der Waals surface area contributed by atoms with Crippen LogP contribution in [-0.2, 0) is 0 Å². The van der Waals surface area contributed by atoms with Gasteiger partial charge in [-0.2, -0.15) is 5.26 Å². The molecule has 1 atom stereocenters. The van der Waals surface area contributed by atoms with Crippen molar-refractivity contribution in [3.05, 3.63) is 28.8 Å². The van der Waals surface area contributed by atoms with E-state index in [0.29, 0.717) is 10.8 Å². The lowest BCUT2D eigenvalue weighted by Gasteiger charge is -2.15. The molecular formula is C11H13ClN2O. The van der Waals surface area contributed by atoms with Crippen LogP contribution >= 0.6 is 11.6 Å². The van der Waals surface area contributed by atoms with Gasteiger partial charge in [0.1, 0.15) is 11.8 Å². The average molecular weight is 225 g/mol. The summed E-state index contributed by atoms with van der Waals surface area (Å²) in [5.41, 5.74) is 0.959. The summed E-state index contributed by atoms with van der Waals surface area (Å²) in [6.07, 6.45) is 0. The van der Waals surface area contributed by atoms with Crippen molar-refractivity contribution >= 4 is 11.6 Å². The highest BCUT2D eigenvalue weighted by Crippen LogP contribution is 2.28. The maximum Gasteiger partial charge on any atom is 0.174 e. The zero-order chi connectivity index (χ0) is 11.3. The van der Waals surface area contributed by atoms with Gasteiger partial charge < -0.3 is 10.1 Å². The van der Waals surface area contributed by atoms with Crippen molar-refractivity contribution in [1.29, 1.82) is 5.26 Å². The van der Waals surface area contributed by atoms with Crippen molar-refractivity contribution in [2.24, 2.45) is 0 Å². The normalized spacial score (nSPS) is 11.9. The molecule has 4 heteroatoms. The standard InChI is InChI=1S/C11H13ClN2O/c1-8(14-2)10-7-9(12)3-4-11(10)15-6-5-13/h3-4,7-8,14H,6H2,1-2H3. The topological polar surface area (TPSA) is 45.0 Å². The molecule has 0 aromatic heterocycles. The smallest absolute Gasteiger partial charge is 0.174 e. The fourth-order valence-electron chi connectivity index (χ4n) is 1.25. The van der Waals surface area contributed by atoms with Crippen molar-refractivity contribution in [2.75, 3.05) is 13.7 Å². The molecule has 0 aliphatic rings. The molecule has 80 valence electrons. The molecule has 1 N–H and O–H groups in total. The Balaban J connectivity index is 2.98. The van der Waals surface area contributed by atoms with Gasteiger partial charge in [-0.05, 0) is 32.2 Å². The van der Waals surface area contributed by atoms with Crippen molar-refractivity contribution in [1.82, 2.24) is 5.32 Å². The van der Waals surface area contributed by atoms with E-state index in [0.717, 1.165) is 5.56 Å². The summed E-state index contributed by atoms with van der Waals surface area (Å²) in [5, 5.41) is 12.2. The molecule has 0 aliphatic carbocycles. The number of rotatable bonds is 4. The Bertz CT molecular complexity index is 373. The number of nitrogens with zero attached hydrogens (tertiary/aromatic N) is 1. The van der Waals surface area contributed by atoms with E-state index in [2.05, 4.69) is 5.32 Å². The van der Waals surface area contributed by atoms with Crippen LogP contribution in [0.5, 0.6) is 5.75 Å². The molecule has 1 aromatic rings. The van der Waals surface area contributed by atoms with Crippen LogP contribution in [-0.4, -0.2) is 13.7 Å². The maximum atomic E-state index is 8.45. The highest BCUT2D eigenvalue weighted by atomic mass is 35.5. The quantitative estimate of drug-likeness (QED) is 0.855.